The maximum atomic E-state index is 11.4. The molecule has 5 rings (SSSR count). The van der Waals surface area contributed by atoms with Crippen LogP contribution >= 0.6 is 0 Å². The van der Waals surface area contributed by atoms with Crippen LogP contribution in [-0.2, 0) is 4.79 Å². The molecule has 194 valence electrons. The largest absolute Gasteiger partial charge is 0.488 e. The number of carboxylic acids is 1. The van der Waals surface area contributed by atoms with Gasteiger partial charge < -0.3 is 24.8 Å². The van der Waals surface area contributed by atoms with Crippen molar-refractivity contribution in [2.75, 3.05) is 29.9 Å². The highest BCUT2D eigenvalue weighted by molar-refractivity contribution is 5.71. The van der Waals surface area contributed by atoms with E-state index in [1.54, 1.807) is 36.9 Å². The number of aliphatic carboxylic acids is 1. The van der Waals surface area contributed by atoms with Gasteiger partial charge in [-0.15, -0.1) is 0 Å². The van der Waals surface area contributed by atoms with Crippen LogP contribution in [0, 0.1) is 5.92 Å². The number of carbonyl (C=O) groups is 1. The summed E-state index contributed by atoms with van der Waals surface area (Å²) in [5.74, 6) is 1.84. The Balaban J connectivity index is 1.32. The first-order valence-corrected chi connectivity index (χ1v) is 12.3. The first-order valence-electron chi connectivity index (χ1n) is 12.3. The fourth-order valence-electron chi connectivity index (χ4n) is 4.20. The van der Waals surface area contributed by atoms with Gasteiger partial charge in [0.05, 0.1) is 30.6 Å². The van der Waals surface area contributed by atoms with Gasteiger partial charge in [0, 0.05) is 31.0 Å². The van der Waals surface area contributed by atoms with Gasteiger partial charge in [0.1, 0.15) is 11.6 Å². The summed E-state index contributed by atoms with van der Waals surface area (Å²) in [6.45, 7) is 3.58. The number of rotatable bonds is 9. The van der Waals surface area contributed by atoms with E-state index in [-0.39, 0.29) is 0 Å². The predicted octanol–water partition coefficient (Wildman–Crippen LogP) is 4.56. The number of carboxylic acid groups (broad SMARTS) is 1. The lowest BCUT2D eigenvalue weighted by atomic mass is 9.98. The minimum Gasteiger partial charge on any atom is -0.488 e. The molecule has 1 atom stereocenters. The number of aromatic nitrogens is 5. The van der Waals surface area contributed by atoms with Crippen molar-refractivity contribution in [1.29, 1.82) is 0 Å². The summed E-state index contributed by atoms with van der Waals surface area (Å²) in [7, 11) is 0. The third-order valence-electron chi connectivity index (χ3n) is 5.99. The van der Waals surface area contributed by atoms with E-state index in [9.17, 15) is 9.90 Å². The van der Waals surface area contributed by atoms with E-state index < -0.39 is 11.9 Å². The van der Waals surface area contributed by atoms with E-state index in [1.165, 1.54) is 0 Å². The molecule has 0 radical (unpaired) electrons. The quantitative estimate of drug-likeness (QED) is 0.326. The van der Waals surface area contributed by atoms with Gasteiger partial charge in [-0.2, -0.15) is 4.98 Å². The smallest absolute Gasteiger partial charge is 0.308 e. The van der Waals surface area contributed by atoms with Crippen molar-refractivity contribution in [3.8, 4) is 28.6 Å². The zero-order valence-electron chi connectivity index (χ0n) is 20.8. The fraction of sp³-hybridized carbons (Fsp3) is 0.259. The number of anilines is 3. The van der Waals surface area contributed by atoms with Crippen LogP contribution in [0.2, 0.25) is 0 Å². The zero-order chi connectivity index (χ0) is 26.3. The van der Waals surface area contributed by atoms with Crippen LogP contribution in [0.1, 0.15) is 19.8 Å². The number of ether oxygens (including phenoxy) is 2. The normalized spacial score (nSPS) is 15.1. The molecular formula is C27H27N7O4. The molecule has 4 heterocycles. The molecule has 0 aliphatic carbocycles. The highest BCUT2D eigenvalue weighted by Gasteiger charge is 2.26. The SMILES string of the molecule is CCOc1cccnc1Oc1cccc(-c2cncc(Nc3nccc(N4CCCC(C(=O)O)C4)n3)n2)c1. The van der Waals surface area contributed by atoms with Crippen LogP contribution in [-0.4, -0.2) is 55.7 Å². The lowest BCUT2D eigenvalue weighted by molar-refractivity contribution is -0.141. The summed E-state index contributed by atoms with van der Waals surface area (Å²) < 4.78 is 11.6. The third kappa shape index (κ3) is 5.94. The molecule has 1 unspecified atom stereocenters. The highest BCUT2D eigenvalue weighted by atomic mass is 16.5. The molecule has 0 amide bonds. The minimum atomic E-state index is -0.779. The van der Waals surface area contributed by atoms with Crippen LogP contribution < -0.4 is 19.7 Å². The van der Waals surface area contributed by atoms with E-state index in [1.807, 2.05) is 42.2 Å². The maximum Gasteiger partial charge on any atom is 0.308 e. The van der Waals surface area contributed by atoms with Crippen molar-refractivity contribution in [2.45, 2.75) is 19.8 Å². The van der Waals surface area contributed by atoms with Crippen LogP contribution in [0.25, 0.3) is 11.3 Å². The second kappa shape index (κ2) is 11.5. The van der Waals surface area contributed by atoms with Gasteiger partial charge in [-0.3, -0.25) is 9.78 Å². The summed E-state index contributed by atoms with van der Waals surface area (Å²) in [4.78, 5) is 35.6. The van der Waals surface area contributed by atoms with Gasteiger partial charge in [0.15, 0.2) is 11.6 Å². The lowest BCUT2D eigenvalue weighted by Crippen LogP contribution is -2.39. The highest BCUT2D eigenvalue weighted by Crippen LogP contribution is 2.31. The molecule has 4 aromatic rings. The fourth-order valence-corrected chi connectivity index (χ4v) is 4.20. The first-order chi connectivity index (χ1) is 18.6. The second-order valence-corrected chi connectivity index (χ2v) is 8.65. The molecule has 38 heavy (non-hydrogen) atoms. The molecule has 1 aliphatic rings. The summed E-state index contributed by atoms with van der Waals surface area (Å²) in [6.07, 6.45) is 8.01. The average molecular weight is 514 g/mol. The molecule has 3 aromatic heterocycles. The Labute approximate surface area is 219 Å². The summed E-state index contributed by atoms with van der Waals surface area (Å²) in [5.41, 5.74) is 1.43. The van der Waals surface area contributed by atoms with Gasteiger partial charge in [-0.05, 0) is 50.1 Å². The number of piperidine rings is 1. The van der Waals surface area contributed by atoms with Crippen LogP contribution in [0.3, 0.4) is 0 Å². The van der Waals surface area contributed by atoms with Crippen LogP contribution in [0.4, 0.5) is 17.6 Å². The Morgan fingerprint density at radius 1 is 1.13 bits per heavy atom. The molecular weight excluding hydrogens is 486 g/mol. The van der Waals surface area contributed by atoms with Crippen LogP contribution in [0.15, 0.2) is 67.3 Å². The Hall–Kier alpha value is -4.80. The summed E-state index contributed by atoms with van der Waals surface area (Å²) in [6, 6.07) is 12.8. The molecule has 2 N–H and O–H groups in total. The van der Waals surface area contributed by atoms with Gasteiger partial charge >= 0.3 is 5.97 Å². The number of nitrogens with zero attached hydrogens (tertiary/aromatic N) is 6. The Bertz CT molecular complexity index is 1420. The van der Waals surface area contributed by atoms with Crippen molar-refractivity contribution >= 4 is 23.6 Å². The Morgan fingerprint density at radius 3 is 2.92 bits per heavy atom. The molecule has 11 nitrogen and oxygen atoms in total. The van der Waals surface area contributed by atoms with E-state index >= 15 is 0 Å². The zero-order valence-corrected chi connectivity index (χ0v) is 20.8. The number of hydrogen-bond acceptors (Lipinski definition) is 10. The lowest BCUT2D eigenvalue weighted by Gasteiger charge is -2.31. The van der Waals surface area contributed by atoms with E-state index in [2.05, 4.69) is 30.2 Å². The molecule has 1 aliphatic heterocycles. The molecule has 0 bridgehead atoms. The molecule has 1 aromatic carbocycles. The molecule has 1 saturated heterocycles. The number of nitrogens with one attached hydrogen (secondary N) is 1. The van der Waals surface area contributed by atoms with Gasteiger partial charge in [0.25, 0.3) is 5.88 Å². The topological polar surface area (TPSA) is 135 Å². The van der Waals surface area contributed by atoms with E-state index in [4.69, 9.17) is 9.47 Å². The second-order valence-electron chi connectivity index (χ2n) is 8.65. The Kier molecular flexibility index (Phi) is 7.53. The molecule has 0 spiro atoms. The van der Waals surface area contributed by atoms with Gasteiger partial charge in [-0.1, -0.05) is 12.1 Å². The van der Waals surface area contributed by atoms with Crippen molar-refractivity contribution in [2.24, 2.45) is 5.92 Å². The summed E-state index contributed by atoms with van der Waals surface area (Å²) >= 11 is 0. The number of pyridine rings is 1. The molecule has 1 fully saturated rings. The first kappa shape index (κ1) is 24.9. The standard InChI is InChI=1S/C27H27N7O4/c1-2-37-22-9-4-11-29-25(22)38-20-8-3-6-18(14-20)21-15-28-16-23(31-21)32-27-30-12-10-24(33-27)34-13-5-7-19(17-34)26(35)36/h3-4,6,8-12,14-16,19H,2,5,7,13,17H2,1H3,(H,35,36)(H,30,31,32,33). The predicted molar refractivity (Wildman–Crippen MR) is 141 cm³/mol. The number of hydrogen-bond donors (Lipinski definition) is 2. The summed E-state index contributed by atoms with van der Waals surface area (Å²) in [5, 5.41) is 12.5. The van der Waals surface area contributed by atoms with Gasteiger partial charge in [-0.25, -0.2) is 15.0 Å². The molecule has 0 saturated carbocycles. The Morgan fingerprint density at radius 2 is 2.05 bits per heavy atom. The van der Waals surface area contributed by atoms with Gasteiger partial charge in [0.2, 0.25) is 5.95 Å². The minimum absolute atomic E-state index is 0.349. The monoisotopic (exact) mass is 513 g/mol. The van der Waals surface area contributed by atoms with Crippen molar-refractivity contribution in [3.63, 3.8) is 0 Å². The van der Waals surface area contributed by atoms with Crippen molar-refractivity contribution in [1.82, 2.24) is 24.9 Å². The third-order valence-corrected chi connectivity index (χ3v) is 5.99. The van der Waals surface area contributed by atoms with Crippen LogP contribution in [0.5, 0.6) is 17.4 Å². The number of benzene rings is 1. The maximum absolute atomic E-state index is 11.4. The van der Waals surface area contributed by atoms with Crippen molar-refractivity contribution in [3.05, 3.63) is 67.3 Å². The molecule has 11 heteroatoms. The van der Waals surface area contributed by atoms with E-state index in [0.29, 0.717) is 60.2 Å². The van der Waals surface area contributed by atoms with E-state index in [0.717, 1.165) is 18.5 Å². The van der Waals surface area contributed by atoms with Crippen molar-refractivity contribution < 1.29 is 19.4 Å². The average Bonchev–Trinajstić information content (AvgIpc) is 2.95.